The fourth-order valence-corrected chi connectivity index (χ4v) is 6.49. The number of amides is 2. The van der Waals surface area contributed by atoms with Crippen molar-refractivity contribution < 1.29 is 42.1 Å². The Morgan fingerprint density at radius 2 is 1.91 bits per heavy atom. The highest BCUT2D eigenvalue weighted by Crippen LogP contribution is 2.41. The number of alkyl carbamates (subject to hydrolysis) is 1. The third kappa shape index (κ3) is 6.54. The van der Waals surface area contributed by atoms with E-state index in [1.165, 1.54) is 12.0 Å². The molecule has 45 heavy (non-hydrogen) atoms. The maximum atomic E-state index is 15.9. The van der Waals surface area contributed by atoms with Crippen LogP contribution in [0.3, 0.4) is 0 Å². The summed E-state index contributed by atoms with van der Waals surface area (Å²) in [6.07, 6.45) is 0.321. The van der Waals surface area contributed by atoms with Crippen LogP contribution in [-0.4, -0.2) is 83.8 Å². The number of alkyl halides is 2. The summed E-state index contributed by atoms with van der Waals surface area (Å²) in [5.41, 5.74) is -1.81. The number of fused-ring (bicyclic) bond motifs is 5. The lowest BCUT2D eigenvalue weighted by atomic mass is 9.85. The number of benzene rings is 1. The lowest BCUT2D eigenvalue weighted by Crippen LogP contribution is -2.57. The second-order valence-electron chi connectivity index (χ2n) is 13.6. The fraction of sp³-hybridized carbons (Fsp3) is 0.656. The number of nitrogens with one attached hydrogen (secondary N) is 1. The number of aromatic nitrogens is 2. The van der Waals surface area contributed by atoms with Gasteiger partial charge < -0.3 is 34.0 Å². The predicted octanol–water partition coefficient (Wildman–Crippen LogP) is 4.64. The minimum atomic E-state index is -3.49. The summed E-state index contributed by atoms with van der Waals surface area (Å²) >= 11 is 0. The van der Waals surface area contributed by atoms with Crippen molar-refractivity contribution in [3.05, 3.63) is 23.9 Å². The highest BCUT2D eigenvalue weighted by molar-refractivity contribution is 5.89. The first-order chi connectivity index (χ1) is 21.2. The van der Waals surface area contributed by atoms with Crippen LogP contribution in [0.25, 0.3) is 11.0 Å². The molecule has 3 aliphatic rings. The number of hydrogen-bond donors (Lipinski definition) is 1. The van der Waals surface area contributed by atoms with Gasteiger partial charge in [0.1, 0.15) is 29.8 Å². The van der Waals surface area contributed by atoms with E-state index >= 15 is 8.78 Å². The minimum Gasteiger partial charge on any atom is -0.497 e. The van der Waals surface area contributed by atoms with Gasteiger partial charge in [-0.05, 0) is 43.7 Å². The zero-order chi connectivity index (χ0) is 32.7. The summed E-state index contributed by atoms with van der Waals surface area (Å²) in [5.74, 6) is -4.75. The maximum absolute atomic E-state index is 15.9. The van der Waals surface area contributed by atoms with Gasteiger partial charge in [-0.2, -0.15) is 8.78 Å². The molecule has 2 amide bonds. The predicted molar refractivity (Wildman–Crippen MR) is 159 cm³/mol. The van der Waals surface area contributed by atoms with Crippen LogP contribution in [0.4, 0.5) is 13.6 Å². The molecule has 1 saturated heterocycles. The number of nitrogens with zero attached hydrogens (tertiary/aromatic N) is 3. The molecule has 11 nitrogen and oxygen atoms in total. The summed E-state index contributed by atoms with van der Waals surface area (Å²) < 4.78 is 55.0. The monoisotopic (exact) mass is 632 g/mol. The van der Waals surface area contributed by atoms with Crippen molar-refractivity contribution in [1.29, 1.82) is 0 Å². The second-order valence-corrected chi connectivity index (χ2v) is 13.6. The van der Waals surface area contributed by atoms with E-state index in [1.807, 2.05) is 0 Å². The molecular weight excluding hydrogens is 590 g/mol. The third-order valence-electron chi connectivity index (χ3n) is 9.40. The van der Waals surface area contributed by atoms with Crippen molar-refractivity contribution >= 4 is 29.3 Å². The Bertz CT molecular complexity index is 1450. The maximum Gasteiger partial charge on any atom is 0.408 e. The van der Waals surface area contributed by atoms with Crippen LogP contribution in [0.5, 0.6) is 11.6 Å². The van der Waals surface area contributed by atoms with E-state index in [2.05, 4.69) is 15.3 Å². The van der Waals surface area contributed by atoms with E-state index in [0.29, 0.717) is 24.9 Å². The van der Waals surface area contributed by atoms with Gasteiger partial charge in [0.2, 0.25) is 11.8 Å². The van der Waals surface area contributed by atoms with Crippen molar-refractivity contribution in [2.45, 2.75) is 90.0 Å². The van der Waals surface area contributed by atoms with Crippen LogP contribution in [0, 0.1) is 17.3 Å². The number of carbonyl (C=O) groups excluding carboxylic acids is 3. The van der Waals surface area contributed by atoms with Crippen LogP contribution in [-0.2, 0) is 25.0 Å². The lowest BCUT2D eigenvalue weighted by Gasteiger charge is -2.36. The number of rotatable bonds is 2. The third-order valence-corrected chi connectivity index (χ3v) is 9.40. The zero-order valence-electron chi connectivity index (χ0n) is 26.6. The Morgan fingerprint density at radius 3 is 2.60 bits per heavy atom. The van der Waals surface area contributed by atoms with E-state index in [1.54, 1.807) is 52.8 Å². The van der Waals surface area contributed by atoms with Crippen molar-refractivity contribution in [2.75, 3.05) is 26.9 Å². The van der Waals surface area contributed by atoms with E-state index in [9.17, 15) is 14.4 Å². The Kier molecular flexibility index (Phi) is 8.96. The van der Waals surface area contributed by atoms with Crippen molar-refractivity contribution in [3.8, 4) is 11.6 Å². The molecule has 1 aromatic carbocycles. The molecule has 0 spiro atoms. The standard InChI is InChI=1S/C32H42F2N4O7/c1-18-23(16-39)38-15-24(18)44-27-25(35-21-10-9-20(42-6)14-22(21)36-27)32(33,34)12-13-43-17-19-8-7-11-31(19,5)45-29(41)37-26(28(38)40)30(2,3)4/h9-10,14,16,18-19,23-24,26H,7-8,11-13,15,17H2,1-6H3,(H,37,41)/t18-,19-,23+,24-,26+,31+/m0/s1. The van der Waals surface area contributed by atoms with Crippen LogP contribution in [0.15, 0.2) is 18.2 Å². The first-order valence-electron chi connectivity index (χ1n) is 15.4. The van der Waals surface area contributed by atoms with Gasteiger partial charge >= 0.3 is 6.09 Å². The van der Waals surface area contributed by atoms with E-state index in [-0.39, 0.29) is 36.7 Å². The van der Waals surface area contributed by atoms with Gasteiger partial charge in [0.05, 0.1) is 43.9 Å². The number of hydrogen-bond acceptors (Lipinski definition) is 9. The molecule has 5 rings (SSSR count). The van der Waals surface area contributed by atoms with E-state index < -0.39 is 71.0 Å². The zero-order valence-corrected chi connectivity index (χ0v) is 26.6. The molecular formula is C32H42F2N4O7. The second kappa shape index (κ2) is 12.3. The van der Waals surface area contributed by atoms with Crippen molar-refractivity contribution in [2.24, 2.45) is 17.3 Å². The molecule has 2 aromatic rings. The van der Waals surface area contributed by atoms with E-state index in [0.717, 1.165) is 6.42 Å². The number of ether oxygens (including phenoxy) is 4. The molecule has 0 unspecified atom stereocenters. The first kappa shape index (κ1) is 32.8. The number of carbonyl (C=O) groups is 3. The Labute approximate surface area is 261 Å². The van der Waals surface area contributed by atoms with Crippen LogP contribution in [0.2, 0.25) is 0 Å². The molecule has 13 heteroatoms. The van der Waals surface area contributed by atoms with Gasteiger partial charge in [-0.3, -0.25) is 4.79 Å². The minimum absolute atomic E-state index is 0.0988. The van der Waals surface area contributed by atoms with Crippen LogP contribution in [0.1, 0.15) is 66.0 Å². The Hall–Kier alpha value is -3.61. The molecule has 6 atom stereocenters. The number of halogens is 2. The Morgan fingerprint density at radius 1 is 1.16 bits per heavy atom. The average molecular weight is 633 g/mol. The van der Waals surface area contributed by atoms with Gasteiger partial charge in [-0.1, -0.05) is 27.7 Å². The van der Waals surface area contributed by atoms with Gasteiger partial charge in [-0.15, -0.1) is 0 Å². The molecule has 2 fully saturated rings. The molecule has 3 heterocycles. The van der Waals surface area contributed by atoms with Gasteiger partial charge in [-0.25, -0.2) is 14.8 Å². The van der Waals surface area contributed by atoms with Crippen molar-refractivity contribution in [3.63, 3.8) is 0 Å². The lowest BCUT2D eigenvalue weighted by molar-refractivity contribution is -0.139. The average Bonchev–Trinajstić information content (AvgIpc) is 3.49. The van der Waals surface area contributed by atoms with E-state index in [4.69, 9.17) is 18.9 Å². The summed E-state index contributed by atoms with van der Waals surface area (Å²) in [6.45, 7) is 8.63. The van der Waals surface area contributed by atoms with Crippen LogP contribution < -0.4 is 14.8 Å². The Balaban J connectivity index is 1.58. The smallest absolute Gasteiger partial charge is 0.408 e. The summed E-state index contributed by atoms with van der Waals surface area (Å²) in [5, 5.41) is 2.77. The molecule has 0 radical (unpaired) electrons. The quantitative estimate of drug-likeness (QED) is 0.471. The fourth-order valence-electron chi connectivity index (χ4n) is 6.49. The molecule has 1 aliphatic carbocycles. The molecule has 246 valence electrons. The molecule has 2 bridgehead atoms. The van der Waals surface area contributed by atoms with Crippen LogP contribution >= 0.6 is 0 Å². The number of methoxy groups -OCH3 is 1. The summed E-state index contributed by atoms with van der Waals surface area (Å²) in [7, 11) is 1.48. The molecule has 2 aliphatic heterocycles. The van der Waals surface area contributed by atoms with Gasteiger partial charge in [0, 0.05) is 24.3 Å². The summed E-state index contributed by atoms with van der Waals surface area (Å²) in [6, 6.07) is 2.73. The highest BCUT2D eigenvalue weighted by Gasteiger charge is 2.49. The molecule has 1 aromatic heterocycles. The highest BCUT2D eigenvalue weighted by atomic mass is 19.3. The van der Waals surface area contributed by atoms with Gasteiger partial charge in [0.15, 0.2) is 5.69 Å². The normalized spacial score (nSPS) is 31.1. The first-order valence-corrected chi connectivity index (χ1v) is 15.4. The van der Waals surface area contributed by atoms with Crippen molar-refractivity contribution in [1.82, 2.24) is 20.2 Å². The largest absolute Gasteiger partial charge is 0.497 e. The van der Waals surface area contributed by atoms with Gasteiger partial charge in [0.25, 0.3) is 5.92 Å². The molecule has 1 N–H and O–H groups in total. The topological polar surface area (TPSA) is 129 Å². The molecule has 1 saturated carbocycles. The number of aldehydes is 1. The SMILES string of the molecule is COc1ccc2nc3c(nc2c1)O[C@H]1CN(C(=O)[C@H](C(C)(C)C)NC(=O)O[C@]2(C)CCC[C@H]2COCCC3(F)F)[C@H](C=O)[C@@H]1C. The summed E-state index contributed by atoms with van der Waals surface area (Å²) in [4.78, 5) is 49.7.